The highest BCUT2D eigenvalue weighted by molar-refractivity contribution is 5.73. The van der Waals surface area contributed by atoms with Crippen molar-refractivity contribution in [3.63, 3.8) is 0 Å². The molecule has 22 heavy (non-hydrogen) atoms. The number of hydrogen-bond donors (Lipinski definition) is 3. The summed E-state index contributed by atoms with van der Waals surface area (Å²) in [5.74, 6) is 0. The van der Waals surface area contributed by atoms with E-state index in [1.807, 2.05) is 42.5 Å². The summed E-state index contributed by atoms with van der Waals surface area (Å²) < 4.78 is 0. The first-order chi connectivity index (χ1) is 10.6. The number of benzene rings is 2. The minimum atomic E-state index is -0.650. The molecule has 6 N–H and O–H groups in total. The molecular weight excluding hydrogens is 272 g/mol. The van der Waals surface area contributed by atoms with Gasteiger partial charge in [-0.3, -0.25) is 4.99 Å². The predicted molar refractivity (Wildman–Crippen MR) is 92.5 cm³/mol. The molecule has 0 aromatic heterocycles. The van der Waals surface area contributed by atoms with Crippen molar-refractivity contribution < 1.29 is 0 Å². The number of dihydropyridines is 1. The fraction of sp³-hybridized carbons (Fsp3) is 0.167. The van der Waals surface area contributed by atoms with Gasteiger partial charge in [-0.25, -0.2) is 0 Å². The van der Waals surface area contributed by atoms with Gasteiger partial charge in [0, 0.05) is 11.9 Å². The van der Waals surface area contributed by atoms with E-state index in [2.05, 4.69) is 23.2 Å². The van der Waals surface area contributed by atoms with Crippen molar-refractivity contribution in [3.05, 3.63) is 66.2 Å². The minimum absolute atomic E-state index is 0.423. The molecule has 0 radical (unpaired) electrons. The number of nitrogens with two attached hydrogens (primary N) is 3. The Morgan fingerprint density at radius 3 is 2.50 bits per heavy atom. The van der Waals surface area contributed by atoms with Crippen molar-refractivity contribution in [1.82, 2.24) is 0 Å². The summed E-state index contributed by atoms with van der Waals surface area (Å²) in [7, 11) is 0. The summed E-state index contributed by atoms with van der Waals surface area (Å²) in [6.07, 6.45) is 5.69. The van der Waals surface area contributed by atoms with E-state index in [0.717, 1.165) is 22.4 Å². The van der Waals surface area contributed by atoms with Gasteiger partial charge in [0.1, 0.15) is 6.17 Å². The van der Waals surface area contributed by atoms with E-state index in [4.69, 9.17) is 17.2 Å². The zero-order valence-corrected chi connectivity index (χ0v) is 12.3. The molecule has 0 saturated carbocycles. The summed E-state index contributed by atoms with van der Waals surface area (Å²) in [6.45, 7) is 0. The quantitative estimate of drug-likeness (QED) is 0.757. The van der Waals surface area contributed by atoms with Crippen LogP contribution >= 0.6 is 0 Å². The molecule has 1 aliphatic heterocycles. The zero-order valence-electron chi connectivity index (χ0n) is 12.3. The van der Waals surface area contributed by atoms with Gasteiger partial charge in [-0.15, -0.1) is 0 Å². The number of anilines is 1. The minimum Gasteiger partial charge on any atom is -0.399 e. The molecule has 3 rings (SSSR count). The Hall–Kier alpha value is -2.43. The maximum Gasteiger partial charge on any atom is 0.119 e. The summed E-state index contributed by atoms with van der Waals surface area (Å²) in [4.78, 5) is 4.20. The Bertz CT molecular complexity index is 735. The molecule has 1 heterocycles. The van der Waals surface area contributed by atoms with Gasteiger partial charge in [0.2, 0.25) is 0 Å². The van der Waals surface area contributed by atoms with Gasteiger partial charge in [0.15, 0.2) is 0 Å². The van der Waals surface area contributed by atoms with Gasteiger partial charge in [0.05, 0.1) is 5.54 Å². The van der Waals surface area contributed by atoms with Gasteiger partial charge in [-0.2, -0.15) is 0 Å². The van der Waals surface area contributed by atoms with Crippen molar-refractivity contribution in [3.8, 4) is 11.1 Å². The van der Waals surface area contributed by atoms with Crippen LogP contribution in [0, 0.1) is 0 Å². The molecule has 1 aliphatic rings. The van der Waals surface area contributed by atoms with Crippen LogP contribution in [0.4, 0.5) is 5.69 Å². The number of rotatable bonds is 3. The van der Waals surface area contributed by atoms with Crippen LogP contribution in [-0.2, 0) is 6.42 Å². The molecule has 4 heteroatoms. The molecule has 0 saturated heterocycles. The van der Waals surface area contributed by atoms with Gasteiger partial charge >= 0.3 is 0 Å². The monoisotopic (exact) mass is 292 g/mol. The average Bonchev–Trinajstić information content (AvgIpc) is 2.51. The van der Waals surface area contributed by atoms with E-state index in [1.165, 1.54) is 0 Å². The smallest absolute Gasteiger partial charge is 0.119 e. The van der Waals surface area contributed by atoms with Crippen LogP contribution in [0.2, 0.25) is 0 Å². The largest absolute Gasteiger partial charge is 0.399 e. The number of nitrogen functional groups attached to an aromatic ring is 1. The second-order valence-corrected chi connectivity index (χ2v) is 5.72. The van der Waals surface area contributed by atoms with Crippen molar-refractivity contribution >= 4 is 11.9 Å². The zero-order chi connectivity index (χ0) is 15.6. The standard InChI is InChI=1S/C18H20N4/c19-16-7-2-6-15(11-16)14-5-1-4-13(10-14)12-18(21)8-3-9-22-17(18)20/h1-11,17H,12,19-21H2. The topological polar surface area (TPSA) is 90.4 Å². The van der Waals surface area contributed by atoms with Crippen LogP contribution in [-0.4, -0.2) is 17.9 Å². The van der Waals surface area contributed by atoms with E-state index in [9.17, 15) is 0 Å². The van der Waals surface area contributed by atoms with Gasteiger partial charge < -0.3 is 17.2 Å². The van der Waals surface area contributed by atoms with Crippen LogP contribution in [0.5, 0.6) is 0 Å². The first-order valence-electron chi connectivity index (χ1n) is 7.27. The molecule has 0 spiro atoms. The first kappa shape index (κ1) is 14.5. The lowest BCUT2D eigenvalue weighted by atomic mass is 9.86. The summed E-state index contributed by atoms with van der Waals surface area (Å²) in [5, 5.41) is 0. The van der Waals surface area contributed by atoms with E-state index < -0.39 is 11.7 Å². The normalized spacial score (nSPS) is 23.6. The Morgan fingerprint density at radius 1 is 1.05 bits per heavy atom. The Morgan fingerprint density at radius 2 is 1.77 bits per heavy atom. The Kier molecular flexibility index (Phi) is 3.79. The maximum atomic E-state index is 6.40. The first-order valence-corrected chi connectivity index (χ1v) is 7.27. The van der Waals surface area contributed by atoms with E-state index in [0.29, 0.717) is 6.42 Å². The molecule has 4 nitrogen and oxygen atoms in total. The third-order valence-corrected chi connectivity index (χ3v) is 3.95. The highest BCUT2D eigenvalue weighted by atomic mass is 15.0. The van der Waals surface area contributed by atoms with Crippen LogP contribution in [0.3, 0.4) is 0 Å². The molecule has 2 aromatic carbocycles. The van der Waals surface area contributed by atoms with Crippen LogP contribution in [0.1, 0.15) is 5.56 Å². The van der Waals surface area contributed by atoms with Gasteiger partial charge in [0.25, 0.3) is 0 Å². The third kappa shape index (κ3) is 2.93. The highest BCUT2D eigenvalue weighted by Crippen LogP contribution is 2.25. The summed E-state index contributed by atoms with van der Waals surface area (Å²) >= 11 is 0. The Balaban J connectivity index is 1.89. The highest BCUT2D eigenvalue weighted by Gasteiger charge is 2.31. The molecule has 0 aliphatic carbocycles. The van der Waals surface area contributed by atoms with Crippen molar-refractivity contribution in [2.45, 2.75) is 18.1 Å². The Labute approximate surface area is 130 Å². The molecule has 2 unspecified atom stereocenters. The fourth-order valence-corrected chi connectivity index (χ4v) is 2.70. The lowest BCUT2D eigenvalue weighted by molar-refractivity contribution is 0.426. The second kappa shape index (κ2) is 5.75. The number of hydrogen-bond acceptors (Lipinski definition) is 4. The molecule has 112 valence electrons. The van der Waals surface area contributed by atoms with Crippen LogP contribution < -0.4 is 17.2 Å². The number of nitrogens with zero attached hydrogens (tertiary/aromatic N) is 1. The molecule has 0 bridgehead atoms. The van der Waals surface area contributed by atoms with E-state index in [1.54, 1.807) is 6.21 Å². The molecule has 0 amide bonds. The van der Waals surface area contributed by atoms with Crippen molar-refractivity contribution in [2.24, 2.45) is 16.5 Å². The predicted octanol–water partition coefficient (Wildman–Crippen LogP) is 2.10. The van der Waals surface area contributed by atoms with Crippen LogP contribution in [0.25, 0.3) is 11.1 Å². The van der Waals surface area contributed by atoms with E-state index in [-0.39, 0.29) is 0 Å². The van der Waals surface area contributed by atoms with E-state index >= 15 is 0 Å². The second-order valence-electron chi connectivity index (χ2n) is 5.72. The fourth-order valence-electron chi connectivity index (χ4n) is 2.70. The lowest BCUT2D eigenvalue weighted by Crippen LogP contribution is -2.55. The molecule has 2 aromatic rings. The van der Waals surface area contributed by atoms with Gasteiger partial charge in [-0.05, 0) is 41.3 Å². The molecule has 2 atom stereocenters. The number of allylic oxidation sites excluding steroid dienone is 1. The van der Waals surface area contributed by atoms with Crippen molar-refractivity contribution in [1.29, 1.82) is 0 Å². The average molecular weight is 292 g/mol. The van der Waals surface area contributed by atoms with Crippen molar-refractivity contribution in [2.75, 3.05) is 5.73 Å². The summed E-state index contributed by atoms with van der Waals surface area (Å²) in [6, 6.07) is 16.1. The lowest BCUT2D eigenvalue weighted by Gasteiger charge is -2.31. The summed E-state index contributed by atoms with van der Waals surface area (Å²) in [5.41, 5.74) is 21.7. The number of aliphatic imine (C=N–C) groups is 1. The molecular formula is C18H20N4. The van der Waals surface area contributed by atoms with Gasteiger partial charge in [-0.1, -0.05) is 42.5 Å². The SMILES string of the molecule is Nc1cccc(-c2cccc(CC3(N)C=CC=NC3N)c2)c1. The van der Waals surface area contributed by atoms with Crippen LogP contribution in [0.15, 0.2) is 65.7 Å². The maximum absolute atomic E-state index is 6.40. The molecule has 0 fully saturated rings. The third-order valence-electron chi connectivity index (χ3n) is 3.95.